The number of benzene rings is 4. The fourth-order valence-electron chi connectivity index (χ4n) is 9.90. The van der Waals surface area contributed by atoms with Crippen LogP contribution < -0.4 is 39.6 Å². The van der Waals surface area contributed by atoms with Gasteiger partial charge in [0.1, 0.15) is 79.7 Å². The van der Waals surface area contributed by atoms with Crippen LogP contribution in [-0.4, -0.2) is 183 Å². The Bertz CT molecular complexity index is 2880. The van der Waals surface area contributed by atoms with Gasteiger partial charge in [0.05, 0.1) is 66.2 Å². The van der Waals surface area contributed by atoms with Gasteiger partial charge in [0.15, 0.2) is 17.3 Å². The highest BCUT2D eigenvalue weighted by atomic mass is 31.2. The van der Waals surface area contributed by atoms with Crippen LogP contribution >= 0.6 is 7.82 Å². The minimum Gasteiger partial charge on any atom is -0.497 e. The third-order valence-corrected chi connectivity index (χ3v) is 14.9. The quantitative estimate of drug-likeness (QED) is 0.0134. The zero-order chi connectivity index (χ0) is 58.9. The Labute approximate surface area is 466 Å². The molecule has 0 aromatic heterocycles. The van der Waals surface area contributed by atoms with Crippen LogP contribution in [0.4, 0.5) is 10.5 Å². The summed E-state index contributed by atoms with van der Waals surface area (Å²) in [5.74, 6) is -4.39. The van der Waals surface area contributed by atoms with Crippen molar-refractivity contribution in [3.8, 4) is 28.7 Å². The second-order valence-corrected chi connectivity index (χ2v) is 21.8. The maximum absolute atomic E-state index is 13.6. The lowest BCUT2D eigenvalue weighted by atomic mass is 9.70. The molecule has 442 valence electrons. The molecule has 2 amide bonds. The number of esters is 1. The molecular weight excluding hydrogens is 1090 g/mol. The molecule has 1 aliphatic carbocycles. The molecule has 3 aliphatic rings. The Morgan fingerprint density at radius 1 is 0.802 bits per heavy atom. The Balaban J connectivity index is 0.960. The number of amides is 2. The Hall–Kier alpha value is -6.65. The lowest BCUT2D eigenvalue weighted by molar-refractivity contribution is -0.870. The first-order valence-corrected chi connectivity index (χ1v) is 27.3. The van der Waals surface area contributed by atoms with E-state index in [0.717, 1.165) is 0 Å². The third-order valence-electron chi connectivity index (χ3n) is 13.9. The lowest BCUT2D eigenvalue weighted by Gasteiger charge is -2.40. The fraction of sp³-hybridized carbons (Fsp3) is 0.481. The SMILES string of the molecule is COC(=O)[C@H]1[C@@H](O)[C@@]2(O)c3c(OC)cc(OCCCCNC(=O)OCc4ccc(OC5O[C@H](C(=O)O)[C@@H](O)[C@H](O)[C@H]5O)c(NC(=O)CCNCOP(=O)(O)OCC[N+](C)(C)C)c4)cc3O[C@@]2(c2ccc(OC)cc2)[C@@H]1c1ccccc1. The molecule has 26 nitrogen and oxygen atoms in total. The second-order valence-electron chi connectivity index (χ2n) is 20.3. The summed E-state index contributed by atoms with van der Waals surface area (Å²) >= 11 is 0. The van der Waals surface area contributed by atoms with Crippen LogP contribution in [0.15, 0.2) is 84.9 Å². The number of likely N-dealkylation sites (N-methyl/N-ethyl adjacent to an activating group) is 1. The number of nitrogens with zero attached hydrogens (tertiary/aromatic N) is 1. The standard InChI is InChI=1S/C54H69N4O22P/c1-58(2,3)23-25-76-81(69,70)77-30-55-22-20-40(59)57-36-26-31(14-19-37(36)78-51-46(62)44(60)45(61)47(79-51)49(64)65)29-75-52(67)56-21-10-11-24-74-35-27-38(72-5)43-39(28-35)80-54(33-15-17-34(71-4)18-16-33)42(32-12-8-7-9-13-32)41(50(66)73-6)48(63)53(43,54)68/h7-9,12-19,26-28,41-42,44-48,51,55,60-63,68H,10-11,20-25,29-30H2,1-6H3,(H3-,56,57,59,64,65,67,69,70)/p+1/t41-,42-,44+,45+,46-,47+,48-,51?,53+,54+/m1/s1. The second kappa shape index (κ2) is 26.5. The first-order valence-electron chi connectivity index (χ1n) is 25.8. The van der Waals surface area contributed by atoms with E-state index in [4.69, 9.17) is 46.9 Å². The minimum atomic E-state index is -4.39. The molecule has 1 saturated heterocycles. The van der Waals surface area contributed by atoms with E-state index in [2.05, 4.69) is 16.0 Å². The maximum Gasteiger partial charge on any atom is 0.473 e. The van der Waals surface area contributed by atoms with Gasteiger partial charge in [-0.2, -0.15) is 0 Å². The highest BCUT2D eigenvalue weighted by Crippen LogP contribution is 2.70. The number of rotatable bonds is 27. The average molecular weight is 1160 g/mol. The number of carbonyl (C=O) groups excluding carboxylic acids is 3. The predicted octanol–water partition coefficient (Wildman–Crippen LogP) is 2.20. The molecule has 4 aromatic rings. The molecule has 10 N–H and O–H groups in total. The summed E-state index contributed by atoms with van der Waals surface area (Å²) in [5, 5.41) is 74.0. The number of carboxylic acids is 1. The fourth-order valence-corrected chi connectivity index (χ4v) is 10.5. The van der Waals surface area contributed by atoms with E-state index in [1.807, 2.05) is 21.1 Å². The van der Waals surface area contributed by atoms with E-state index in [-0.39, 0.29) is 67.8 Å². The molecule has 2 unspecified atom stereocenters. The van der Waals surface area contributed by atoms with Gasteiger partial charge < -0.3 is 88.5 Å². The number of aliphatic hydroxyl groups is 5. The van der Waals surface area contributed by atoms with E-state index >= 15 is 0 Å². The number of phosphoric acid groups is 1. The first-order chi connectivity index (χ1) is 38.5. The maximum atomic E-state index is 13.6. The van der Waals surface area contributed by atoms with Crippen molar-refractivity contribution in [3.05, 3.63) is 107 Å². The minimum absolute atomic E-state index is 0.0415. The highest BCUT2D eigenvalue weighted by Gasteiger charge is 2.78. The summed E-state index contributed by atoms with van der Waals surface area (Å²) in [6.45, 7) is -0.116. The molecule has 2 heterocycles. The summed E-state index contributed by atoms with van der Waals surface area (Å²) in [5.41, 5.74) is -2.67. The van der Waals surface area contributed by atoms with E-state index in [0.29, 0.717) is 52.1 Å². The Morgan fingerprint density at radius 2 is 1.53 bits per heavy atom. The van der Waals surface area contributed by atoms with Crippen molar-refractivity contribution >= 4 is 37.4 Å². The van der Waals surface area contributed by atoms with Crippen LogP contribution in [0.2, 0.25) is 0 Å². The summed E-state index contributed by atoms with van der Waals surface area (Å²) in [6, 6.07) is 23.0. The van der Waals surface area contributed by atoms with Crippen molar-refractivity contribution in [1.29, 1.82) is 0 Å². The highest BCUT2D eigenvalue weighted by molar-refractivity contribution is 7.47. The van der Waals surface area contributed by atoms with Gasteiger partial charge in [-0.05, 0) is 53.8 Å². The monoisotopic (exact) mass is 1160 g/mol. The first kappa shape index (κ1) is 62.0. The van der Waals surface area contributed by atoms with E-state index in [1.165, 1.54) is 39.5 Å². The van der Waals surface area contributed by atoms with Gasteiger partial charge in [0.2, 0.25) is 12.2 Å². The van der Waals surface area contributed by atoms with Crippen LogP contribution in [0.25, 0.3) is 0 Å². The Morgan fingerprint density at radius 3 is 2.20 bits per heavy atom. The molecule has 4 aromatic carbocycles. The summed E-state index contributed by atoms with van der Waals surface area (Å²) < 4.78 is 68.5. The van der Waals surface area contributed by atoms with Crippen molar-refractivity contribution in [2.45, 2.75) is 79.8 Å². The van der Waals surface area contributed by atoms with Gasteiger partial charge in [-0.15, -0.1) is 0 Å². The summed E-state index contributed by atoms with van der Waals surface area (Å²) in [7, 11) is 5.36. The van der Waals surface area contributed by atoms with Crippen LogP contribution in [0.3, 0.4) is 0 Å². The molecule has 11 atom stereocenters. The number of alkyl carbamates (subject to hydrolysis) is 1. The zero-order valence-electron chi connectivity index (χ0n) is 45.4. The molecule has 1 saturated carbocycles. The number of aliphatic hydroxyl groups excluding tert-OH is 4. The van der Waals surface area contributed by atoms with E-state index in [9.17, 15) is 59.3 Å². The van der Waals surface area contributed by atoms with Gasteiger partial charge in [-0.25, -0.2) is 14.2 Å². The number of quaternary nitrogens is 1. The number of unbranched alkanes of at least 4 members (excludes halogenated alkanes) is 1. The number of ether oxygens (including phenoxy) is 8. The molecule has 81 heavy (non-hydrogen) atoms. The van der Waals surface area contributed by atoms with Gasteiger partial charge in [-0.1, -0.05) is 48.5 Å². The average Bonchev–Trinajstić information content (AvgIpc) is 3.81. The molecule has 0 spiro atoms. The van der Waals surface area contributed by atoms with Crippen molar-refractivity contribution in [3.63, 3.8) is 0 Å². The van der Waals surface area contributed by atoms with Gasteiger partial charge in [-0.3, -0.25) is 24.0 Å². The number of anilines is 1. The number of hydrogen-bond acceptors (Lipinski definition) is 21. The van der Waals surface area contributed by atoms with Crippen molar-refractivity contribution in [2.24, 2.45) is 5.92 Å². The van der Waals surface area contributed by atoms with Crippen molar-refractivity contribution < 1.29 is 111 Å². The van der Waals surface area contributed by atoms with Crippen molar-refractivity contribution in [1.82, 2.24) is 10.6 Å². The topological polar surface area (TPSA) is 355 Å². The molecule has 27 heteroatoms. The number of carbonyl (C=O) groups is 4. The number of methoxy groups -OCH3 is 3. The molecule has 7 rings (SSSR count). The summed E-state index contributed by atoms with van der Waals surface area (Å²) in [6.07, 6.45) is -11.6. The number of nitrogens with one attached hydrogen (secondary N) is 3. The van der Waals surface area contributed by atoms with E-state index in [1.54, 1.807) is 66.7 Å². The molecule has 0 bridgehead atoms. The summed E-state index contributed by atoms with van der Waals surface area (Å²) in [4.78, 5) is 61.3. The molecular formula is C54H70N4O22P+. The smallest absolute Gasteiger partial charge is 0.473 e. The van der Waals surface area contributed by atoms with E-state index < -0.39 is 98.3 Å². The van der Waals surface area contributed by atoms with Crippen molar-refractivity contribution in [2.75, 3.05) is 87.4 Å². The van der Waals surface area contributed by atoms with Crippen LogP contribution in [0.1, 0.15) is 47.4 Å². The number of fused-ring (bicyclic) bond motifs is 3. The number of aliphatic carboxylic acids is 1. The predicted molar refractivity (Wildman–Crippen MR) is 283 cm³/mol. The van der Waals surface area contributed by atoms with Crippen LogP contribution in [-0.2, 0) is 60.0 Å². The largest absolute Gasteiger partial charge is 0.497 e. The van der Waals surface area contributed by atoms with Gasteiger partial charge in [0, 0.05) is 37.6 Å². The number of carboxylic acid groups (broad SMARTS) is 1. The lowest BCUT2D eigenvalue weighted by Crippen LogP contribution is -2.61. The molecule has 2 fully saturated rings. The van der Waals surface area contributed by atoms with Gasteiger partial charge in [0.25, 0.3) is 0 Å². The van der Waals surface area contributed by atoms with Crippen LogP contribution in [0, 0.1) is 5.92 Å². The Kier molecular flexibility index (Phi) is 20.3. The molecule has 2 aliphatic heterocycles. The molecule has 0 radical (unpaired) electrons. The van der Waals surface area contributed by atoms with Crippen LogP contribution in [0.5, 0.6) is 28.7 Å². The third kappa shape index (κ3) is 14.0. The number of hydrogen-bond donors (Lipinski definition) is 10. The zero-order valence-corrected chi connectivity index (χ0v) is 46.3. The van der Waals surface area contributed by atoms with Gasteiger partial charge >= 0.3 is 25.9 Å². The normalized spacial score (nSPS) is 25.5. The number of phosphoric ester groups is 1.